The highest BCUT2D eigenvalue weighted by atomic mass is 32.2. The standard InChI is InChI=1S/C19H18N4O5S/c1-23-18(24)17(21-19(23)25)11-13-5-9-16(10-6-13)29(26,27)22-20-12-14-3-7-15(28-2)8-4-14/h3-12,22H,1-2H3,(H,21,25)/b17-11-,20-12-. The molecule has 2 aromatic carbocycles. The van der Waals surface area contributed by atoms with Crippen LogP contribution in [-0.4, -0.2) is 45.6 Å². The molecule has 0 aromatic heterocycles. The van der Waals surface area contributed by atoms with Gasteiger partial charge in [0, 0.05) is 7.05 Å². The highest BCUT2D eigenvalue weighted by molar-refractivity contribution is 7.89. The Morgan fingerprint density at radius 3 is 2.21 bits per heavy atom. The monoisotopic (exact) mass is 414 g/mol. The van der Waals surface area contributed by atoms with Crippen LogP contribution in [0.15, 0.2) is 64.2 Å². The Kier molecular flexibility index (Phi) is 5.64. The molecule has 1 heterocycles. The molecule has 0 unspecified atom stereocenters. The lowest BCUT2D eigenvalue weighted by Crippen LogP contribution is -2.25. The average Bonchev–Trinajstić information content (AvgIpc) is 2.95. The minimum absolute atomic E-state index is 0.00503. The van der Waals surface area contributed by atoms with Crippen molar-refractivity contribution < 1.29 is 22.7 Å². The van der Waals surface area contributed by atoms with Gasteiger partial charge in [-0.3, -0.25) is 9.69 Å². The van der Waals surface area contributed by atoms with E-state index in [1.165, 1.54) is 43.6 Å². The third-order valence-electron chi connectivity index (χ3n) is 4.08. The summed E-state index contributed by atoms with van der Waals surface area (Å²) in [6.07, 6.45) is 2.84. The van der Waals surface area contributed by atoms with Crippen LogP contribution in [0, 0.1) is 0 Å². The van der Waals surface area contributed by atoms with Crippen molar-refractivity contribution in [2.75, 3.05) is 14.2 Å². The Morgan fingerprint density at radius 1 is 1.03 bits per heavy atom. The second kappa shape index (κ2) is 8.15. The summed E-state index contributed by atoms with van der Waals surface area (Å²) in [6, 6.07) is 12.2. The number of nitrogens with one attached hydrogen (secondary N) is 2. The zero-order valence-electron chi connectivity index (χ0n) is 15.6. The molecule has 0 aliphatic carbocycles. The van der Waals surface area contributed by atoms with Crippen LogP contribution in [0.1, 0.15) is 11.1 Å². The van der Waals surface area contributed by atoms with E-state index in [4.69, 9.17) is 4.74 Å². The first kappa shape index (κ1) is 20.1. The molecule has 1 saturated heterocycles. The topological polar surface area (TPSA) is 117 Å². The van der Waals surface area contributed by atoms with Crippen LogP contribution in [0.2, 0.25) is 0 Å². The third kappa shape index (κ3) is 4.61. The number of nitrogens with zero attached hydrogens (tertiary/aromatic N) is 2. The van der Waals surface area contributed by atoms with Gasteiger partial charge in [0.25, 0.3) is 15.9 Å². The van der Waals surface area contributed by atoms with E-state index >= 15 is 0 Å². The molecule has 3 amide bonds. The van der Waals surface area contributed by atoms with Crippen LogP contribution < -0.4 is 14.9 Å². The fourth-order valence-electron chi connectivity index (χ4n) is 2.45. The number of carbonyl (C=O) groups is 2. The average molecular weight is 414 g/mol. The van der Waals surface area contributed by atoms with Crippen LogP contribution in [0.3, 0.4) is 0 Å². The number of hydrazone groups is 1. The molecule has 3 rings (SSSR count). The fraction of sp³-hybridized carbons (Fsp3) is 0.105. The number of urea groups is 1. The summed E-state index contributed by atoms with van der Waals surface area (Å²) in [4.78, 5) is 26.4. The molecule has 0 spiro atoms. The van der Waals surface area contributed by atoms with Crippen LogP contribution in [0.4, 0.5) is 4.79 Å². The number of rotatable bonds is 6. The van der Waals surface area contributed by atoms with Gasteiger partial charge in [0.1, 0.15) is 11.4 Å². The lowest BCUT2D eigenvalue weighted by atomic mass is 10.2. The van der Waals surface area contributed by atoms with Gasteiger partial charge in [-0.05, 0) is 53.6 Å². The van der Waals surface area contributed by atoms with Crippen molar-refractivity contribution in [2.45, 2.75) is 4.90 Å². The van der Waals surface area contributed by atoms with Crippen molar-refractivity contribution in [1.29, 1.82) is 0 Å². The summed E-state index contributed by atoms with van der Waals surface area (Å²) < 4.78 is 29.7. The Bertz CT molecular complexity index is 1090. The molecule has 0 atom stereocenters. The normalized spacial score (nSPS) is 15.8. The third-order valence-corrected chi connectivity index (χ3v) is 5.32. The fourth-order valence-corrected chi connectivity index (χ4v) is 3.24. The maximum atomic E-state index is 12.3. The molecular formula is C19H18N4O5S. The van der Waals surface area contributed by atoms with Crippen LogP contribution in [0.25, 0.3) is 6.08 Å². The van der Waals surface area contributed by atoms with E-state index < -0.39 is 22.0 Å². The van der Waals surface area contributed by atoms with E-state index in [1.807, 2.05) is 0 Å². The highest BCUT2D eigenvalue weighted by Gasteiger charge is 2.29. The summed E-state index contributed by atoms with van der Waals surface area (Å²) in [5.74, 6) is 0.226. The van der Waals surface area contributed by atoms with Gasteiger partial charge in [-0.1, -0.05) is 12.1 Å². The van der Waals surface area contributed by atoms with Gasteiger partial charge in [0.15, 0.2) is 0 Å². The second-order valence-corrected chi connectivity index (χ2v) is 7.71. The SMILES string of the molecule is COc1ccc(/C=N\NS(=O)(=O)c2ccc(/C=C3\NC(=O)N(C)C3=O)cc2)cc1. The van der Waals surface area contributed by atoms with Crippen molar-refractivity contribution in [2.24, 2.45) is 5.10 Å². The summed E-state index contributed by atoms with van der Waals surface area (Å²) in [5, 5.41) is 6.20. The van der Waals surface area contributed by atoms with E-state index in [-0.39, 0.29) is 10.6 Å². The number of hydrogen-bond donors (Lipinski definition) is 2. The molecule has 2 N–H and O–H groups in total. The van der Waals surface area contributed by atoms with Gasteiger partial charge in [-0.2, -0.15) is 13.5 Å². The highest BCUT2D eigenvalue weighted by Crippen LogP contribution is 2.16. The smallest absolute Gasteiger partial charge is 0.328 e. The van der Waals surface area contributed by atoms with Crippen molar-refractivity contribution in [3.8, 4) is 5.75 Å². The molecule has 1 aliphatic rings. The molecule has 9 nitrogen and oxygen atoms in total. The first-order valence-corrected chi connectivity index (χ1v) is 9.88. The van der Waals surface area contributed by atoms with E-state index in [2.05, 4.69) is 15.2 Å². The molecule has 29 heavy (non-hydrogen) atoms. The summed E-state index contributed by atoms with van der Waals surface area (Å²) >= 11 is 0. The van der Waals surface area contributed by atoms with E-state index in [9.17, 15) is 18.0 Å². The predicted molar refractivity (Wildman–Crippen MR) is 107 cm³/mol. The molecule has 0 saturated carbocycles. The molecule has 0 radical (unpaired) electrons. The van der Waals surface area contributed by atoms with Gasteiger partial charge in [-0.25, -0.2) is 9.63 Å². The molecule has 0 bridgehead atoms. The van der Waals surface area contributed by atoms with E-state index in [0.717, 1.165) is 4.90 Å². The number of carbonyl (C=O) groups excluding carboxylic acids is 2. The maximum Gasteiger partial charge on any atom is 0.328 e. The number of sulfonamides is 1. The summed E-state index contributed by atoms with van der Waals surface area (Å²) in [5.41, 5.74) is 1.38. The van der Waals surface area contributed by atoms with Gasteiger partial charge in [0.2, 0.25) is 0 Å². The second-order valence-electron chi connectivity index (χ2n) is 6.05. The number of amides is 3. The largest absolute Gasteiger partial charge is 0.497 e. The van der Waals surface area contributed by atoms with E-state index in [0.29, 0.717) is 16.9 Å². The number of ether oxygens (including phenoxy) is 1. The predicted octanol–water partition coefficient (Wildman–Crippen LogP) is 1.53. The number of benzene rings is 2. The number of imide groups is 1. The van der Waals surface area contributed by atoms with Crippen LogP contribution in [-0.2, 0) is 14.8 Å². The van der Waals surface area contributed by atoms with Gasteiger partial charge >= 0.3 is 6.03 Å². The summed E-state index contributed by atoms with van der Waals surface area (Å²) in [6.45, 7) is 0. The van der Waals surface area contributed by atoms with Crippen LogP contribution in [0.5, 0.6) is 5.75 Å². The number of hydrogen-bond acceptors (Lipinski definition) is 6. The lowest BCUT2D eigenvalue weighted by molar-refractivity contribution is -0.121. The quantitative estimate of drug-likeness (QED) is 0.322. The zero-order valence-corrected chi connectivity index (χ0v) is 16.4. The van der Waals surface area contributed by atoms with Crippen molar-refractivity contribution in [3.63, 3.8) is 0 Å². The number of methoxy groups -OCH3 is 1. The molecule has 2 aromatic rings. The maximum absolute atomic E-state index is 12.3. The first-order valence-electron chi connectivity index (χ1n) is 8.40. The van der Waals surface area contributed by atoms with Crippen molar-refractivity contribution in [1.82, 2.24) is 15.0 Å². The van der Waals surface area contributed by atoms with E-state index in [1.54, 1.807) is 31.4 Å². The Balaban J connectivity index is 1.69. The summed E-state index contributed by atoms with van der Waals surface area (Å²) in [7, 11) is -0.932. The number of likely N-dealkylation sites (N-methyl/N-ethyl adjacent to an activating group) is 1. The van der Waals surface area contributed by atoms with Gasteiger partial charge in [-0.15, -0.1) is 0 Å². The molecular weight excluding hydrogens is 396 g/mol. The van der Waals surface area contributed by atoms with Crippen LogP contribution >= 0.6 is 0 Å². The Hall–Kier alpha value is -3.66. The molecule has 1 fully saturated rings. The van der Waals surface area contributed by atoms with Gasteiger partial charge in [0.05, 0.1) is 18.2 Å². The minimum Gasteiger partial charge on any atom is -0.497 e. The minimum atomic E-state index is -3.85. The lowest BCUT2D eigenvalue weighted by Gasteiger charge is -2.04. The van der Waals surface area contributed by atoms with Crippen molar-refractivity contribution in [3.05, 3.63) is 65.4 Å². The molecule has 150 valence electrons. The Morgan fingerprint density at radius 2 is 1.66 bits per heavy atom. The Labute approximate surface area is 167 Å². The first-order chi connectivity index (χ1) is 13.8. The van der Waals surface area contributed by atoms with Gasteiger partial charge < -0.3 is 10.1 Å². The molecule has 1 aliphatic heterocycles. The zero-order chi connectivity index (χ0) is 21.0. The van der Waals surface area contributed by atoms with Crippen molar-refractivity contribution >= 4 is 34.3 Å². The molecule has 10 heteroatoms.